The maximum absolute atomic E-state index is 14.3. The molecule has 1 fully saturated rings. The molecule has 1 aromatic carbocycles. The smallest absolute Gasteiger partial charge is 0.123 e. The van der Waals surface area contributed by atoms with E-state index in [2.05, 4.69) is 15.9 Å². The summed E-state index contributed by atoms with van der Waals surface area (Å²) in [6, 6.07) is 4.30. The normalized spacial score (nSPS) is 29.6. The molecule has 1 nitrogen and oxygen atoms in total. The van der Waals surface area contributed by atoms with Crippen LogP contribution < -0.4 is 5.73 Å². The van der Waals surface area contributed by atoms with Crippen LogP contribution in [0, 0.1) is 5.82 Å². The molecule has 0 radical (unpaired) electrons. The Kier molecular flexibility index (Phi) is 3.31. The Bertz CT molecular complexity index is 397. The summed E-state index contributed by atoms with van der Waals surface area (Å²) in [4.78, 5) is 0. The van der Waals surface area contributed by atoms with Gasteiger partial charge in [0, 0.05) is 16.9 Å². The van der Waals surface area contributed by atoms with Gasteiger partial charge in [-0.3, -0.25) is 0 Å². The van der Waals surface area contributed by atoms with Gasteiger partial charge < -0.3 is 5.73 Å². The highest BCUT2D eigenvalue weighted by Crippen LogP contribution is 2.37. The van der Waals surface area contributed by atoms with Crippen molar-refractivity contribution in [1.29, 1.82) is 0 Å². The molecule has 0 saturated heterocycles. The first kappa shape index (κ1) is 12.0. The van der Waals surface area contributed by atoms with E-state index in [-0.39, 0.29) is 18.3 Å². The summed E-state index contributed by atoms with van der Waals surface area (Å²) in [6.07, 6.45) is 1.79. The average molecular weight is 290 g/mol. The zero-order valence-electron chi connectivity index (χ0n) is 8.85. The van der Waals surface area contributed by atoms with Crippen LogP contribution in [0.15, 0.2) is 22.7 Å². The van der Waals surface area contributed by atoms with Gasteiger partial charge in [0.25, 0.3) is 0 Å². The van der Waals surface area contributed by atoms with E-state index in [1.807, 2.05) is 0 Å². The lowest BCUT2D eigenvalue weighted by Gasteiger charge is -2.20. The quantitative estimate of drug-likeness (QED) is 0.888. The Morgan fingerprint density at radius 1 is 1.50 bits per heavy atom. The van der Waals surface area contributed by atoms with Gasteiger partial charge >= 0.3 is 0 Å². The highest BCUT2D eigenvalue weighted by atomic mass is 79.9. The van der Waals surface area contributed by atoms with E-state index < -0.39 is 5.67 Å². The summed E-state index contributed by atoms with van der Waals surface area (Å²) in [5.74, 6) is -0.330. The van der Waals surface area contributed by atoms with Crippen molar-refractivity contribution in [2.75, 3.05) is 0 Å². The first-order valence-electron chi connectivity index (χ1n) is 5.37. The average Bonchev–Trinajstić information content (AvgIpc) is 2.52. The standard InChI is InChI=1S/C12H14BrF2N/c13-11-2-1-9(14)5-8(11)6-12(15)4-3-10(16)7-12/h1-2,5,10H,3-4,6-7,16H2. The molecule has 1 aromatic rings. The van der Waals surface area contributed by atoms with Gasteiger partial charge in [-0.1, -0.05) is 15.9 Å². The van der Waals surface area contributed by atoms with Crippen molar-refractivity contribution in [3.63, 3.8) is 0 Å². The number of benzene rings is 1. The maximum atomic E-state index is 14.3. The first-order valence-corrected chi connectivity index (χ1v) is 6.16. The molecule has 16 heavy (non-hydrogen) atoms. The second-order valence-corrected chi connectivity index (χ2v) is 5.42. The molecule has 2 N–H and O–H groups in total. The molecule has 1 saturated carbocycles. The van der Waals surface area contributed by atoms with Crippen molar-refractivity contribution >= 4 is 15.9 Å². The number of halogens is 3. The first-order chi connectivity index (χ1) is 7.48. The number of nitrogens with two attached hydrogens (primary N) is 1. The van der Waals surface area contributed by atoms with Gasteiger partial charge in [0.15, 0.2) is 0 Å². The molecule has 0 aliphatic heterocycles. The molecule has 0 amide bonds. The van der Waals surface area contributed by atoms with Crippen molar-refractivity contribution in [3.05, 3.63) is 34.1 Å². The molecule has 2 unspecified atom stereocenters. The molecule has 1 aliphatic rings. The Morgan fingerprint density at radius 2 is 2.25 bits per heavy atom. The van der Waals surface area contributed by atoms with Crippen molar-refractivity contribution < 1.29 is 8.78 Å². The van der Waals surface area contributed by atoms with Crippen LogP contribution in [0.1, 0.15) is 24.8 Å². The minimum atomic E-state index is -1.27. The van der Waals surface area contributed by atoms with Crippen LogP contribution in [0.25, 0.3) is 0 Å². The third kappa shape index (κ3) is 2.61. The van der Waals surface area contributed by atoms with E-state index in [9.17, 15) is 8.78 Å². The number of hydrogen-bond acceptors (Lipinski definition) is 1. The zero-order valence-corrected chi connectivity index (χ0v) is 10.4. The lowest BCUT2D eigenvalue weighted by molar-refractivity contribution is 0.170. The molecule has 0 heterocycles. The predicted molar refractivity (Wildman–Crippen MR) is 63.5 cm³/mol. The summed E-state index contributed by atoms with van der Waals surface area (Å²) in [5, 5.41) is 0. The number of hydrogen-bond donors (Lipinski definition) is 1. The van der Waals surface area contributed by atoms with Gasteiger partial charge in [-0.2, -0.15) is 0 Å². The lowest BCUT2D eigenvalue weighted by Crippen LogP contribution is -2.25. The van der Waals surface area contributed by atoms with Gasteiger partial charge in [-0.15, -0.1) is 0 Å². The fourth-order valence-corrected chi connectivity index (χ4v) is 2.69. The van der Waals surface area contributed by atoms with Crippen molar-refractivity contribution in [1.82, 2.24) is 0 Å². The van der Waals surface area contributed by atoms with Crippen LogP contribution >= 0.6 is 15.9 Å². The SMILES string of the molecule is NC1CCC(F)(Cc2cc(F)ccc2Br)C1. The molecule has 4 heteroatoms. The molecule has 2 atom stereocenters. The monoisotopic (exact) mass is 289 g/mol. The second-order valence-electron chi connectivity index (χ2n) is 4.57. The van der Waals surface area contributed by atoms with Crippen LogP contribution in [0.2, 0.25) is 0 Å². The summed E-state index contributed by atoms with van der Waals surface area (Å²) < 4.78 is 28.1. The molecule has 0 aromatic heterocycles. The van der Waals surface area contributed by atoms with Crippen LogP contribution in [-0.2, 0) is 6.42 Å². The Hall–Kier alpha value is -0.480. The minimum Gasteiger partial charge on any atom is -0.328 e. The lowest BCUT2D eigenvalue weighted by atomic mass is 9.94. The third-order valence-electron chi connectivity index (χ3n) is 3.11. The highest BCUT2D eigenvalue weighted by molar-refractivity contribution is 9.10. The van der Waals surface area contributed by atoms with Crippen molar-refractivity contribution in [2.24, 2.45) is 5.73 Å². The molecular weight excluding hydrogens is 276 g/mol. The molecule has 88 valence electrons. The Morgan fingerprint density at radius 3 is 2.88 bits per heavy atom. The van der Waals surface area contributed by atoms with Gasteiger partial charge in [0.2, 0.25) is 0 Å². The molecule has 0 bridgehead atoms. The fraction of sp³-hybridized carbons (Fsp3) is 0.500. The Labute approximate surface area is 102 Å². The second kappa shape index (κ2) is 4.41. The summed E-state index contributed by atoms with van der Waals surface area (Å²) >= 11 is 3.31. The van der Waals surface area contributed by atoms with Gasteiger partial charge in [0.1, 0.15) is 11.5 Å². The molecule has 0 spiro atoms. The fourth-order valence-electron chi connectivity index (χ4n) is 2.30. The van der Waals surface area contributed by atoms with Gasteiger partial charge in [-0.05, 0) is 43.0 Å². The van der Waals surface area contributed by atoms with Crippen molar-refractivity contribution in [2.45, 2.75) is 37.4 Å². The number of alkyl halides is 1. The van der Waals surface area contributed by atoms with E-state index >= 15 is 0 Å². The Balaban J connectivity index is 2.17. The van der Waals surface area contributed by atoms with Crippen LogP contribution in [0.3, 0.4) is 0 Å². The van der Waals surface area contributed by atoms with E-state index in [4.69, 9.17) is 5.73 Å². The van der Waals surface area contributed by atoms with Crippen molar-refractivity contribution in [3.8, 4) is 0 Å². The van der Waals surface area contributed by atoms with E-state index in [1.54, 1.807) is 6.07 Å². The summed E-state index contributed by atoms with van der Waals surface area (Å²) in [5.41, 5.74) is 5.12. The van der Waals surface area contributed by atoms with Gasteiger partial charge in [0.05, 0.1) is 0 Å². The molecule has 2 rings (SSSR count). The van der Waals surface area contributed by atoms with Gasteiger partial charge in [-0.25, -0.2) is 8.78 Å². The third-order valence-corrected chi connectivity index (χ3v) is 3.88. The van der Waals surface area contributed by atoms with E-state index in [0.717, 1.165) is 4.47 Å². The zero-order chi connectivity index (χ0) is 11.8. The topological polar surface area (TPSA) is 26.0 Å². The number of rotatable bonds is 2. The largest absolute Gasteiger partial charge is 0.328 e. The maximum Gasteiger partial charge on any atom is 0.123 e. The summed E-state index contributed by atoms with van der Waals surface area (Å²) in [6.45, 7) is 0. The summed E-state index contributed by atoms with van der Waals surface area (Å²) in [7, 11) is 0. The van der Waals surface area contributed by atoms with Crippen LogP contribution in [0.5, 0.6) is 0 Å². The highest BCUT2D eigenvalue weighted by Gasteiger charge is 2.38. The minimum absolute atomic E-state index is 0.0580. The predicted octanol–water partition coefficient (Wildman–Crippen LogP) is 3.35. The molecule has 1 aliphatic carbocycles. The molecular formula is C12H14BrF2N. The van der Waals surface area contributed by atoms with E-state index in [0.29, 0.717) is 24.8 Å². The van der Waals surface area contributed by atoms with Crippen LogP contribution in [-0.4, -0.2) is 11.7 Å². The van der Waals surface area contributed by atoms with E-state index in [1.165, 1.54) is 12.1 Å². The van der Waals surface area contributed by atoms with Crippen LogP contribution in [0.4, 0.5) is 8.78 Å².